The number of hydrogen-bond donors (Lipinski definition) is 2. The zero-order chi connectivity index (χ0) is 22.9. The molecule has 0 aliphatic carbocycles. The topological polar surface area (TPSA) is 111 Å². The number of fused-ring (bicyclic) bond motifs is 2. The number of ketones is 1. The fourth-order valence-electron chi connectivity index (χ4n) is 4.32. The number of morpholine rings is 2. The number of carbonyl (C=O) groups excluding carboxylic acids is 1. The molecule has 2 aromatic heterocycles. The zero-order valence-electron chi connectivity index (χ0n) is 18.5. The number of ether oxygens (including phenoxy) is 2. The van der Waals surface area contributed by atoms with E-state index in [1.807, 2.05) is 12.1 Å². The van der Waals surface area contributed by atoms with Crippen LogP contribution in [0.15, 0.2) is 48.8 Å². The van der Waals surface area contributed by atoms with E-state index in [0.717, 1.165) is 35.5 Å². The highest BCUT2D eigenvalue weighted by Crippen LogP contribution is 2.23. The van der Waals surface area contributed by atoms with Crippen LogP contribution in [0.1, 0.15) is 39.5 Å². The van der Waals surface area contributed by atoms with Crippen LogP contribution in [0.5, 0.6) is 0 Å². The maximum absolute atomic E-state index is 13.2. The summed E-state index contributed by atoms with van der Waals surface area (Å²) in [5.74, 6) is -0.0971. The third-order valence-electron chi connectivity index (χ3n) is 6.16. The van der Waals surface area contributed by atoms with Gasteiger partial charge in [-0.05, 0) is 36.4 Å². The summed E-state index contributed by atoms with van der Waals surface area (Å²) in [7, 11) is 0. The van der Waals surface area contributed by atoms with Crippen LogP contribution in [0.3, 0.4) is 0 Å². The van der Waals surface area contributed by atoms with Gasteiger partial charge >= 0.3 is 0 Å². The Morgan fingerprint density at radius 1 is 0.735 bits per heavy atom. The van der Waals surface area contributed by atoms with E-state index in [1.54, 1.807) is 36.7 Å². The second-order valence-electron chi connectivity index (χ2n) is 8.45. The molecule has 0 spiro atoms. The van der Waals surface area contributed by atoms with Crippen LogP contribution in [0.2, 0.25) is 0 Å². The van der Waals surface area contributed by atoms with E-state index in [0.29, 0.717) is 48.5 Å². The molecule has 2 atom stereocenters. The number of benzene rings is 2. The first kappa shape index (κ1) is 21.2. The Morgan fingerprint density at radius 2 is 1.24 bits per heavy atom. The summed E-state index contributed by atoms with van der Waals surface area (Å²) < 4.78 is 11.5. The monoisotopic (exact) mass is 456 g/mol. The van der Waals surface area contributed by atoms with Crippen molar-refractivity contribution in [3.05, 3.63) is 71.3 Å². The van der Waals surface area contributed by atoms with Crippen LogP contribution >= 0.6 is 0 Å². The minimum absolute atomic E-state index is 0.0971. The van der Waals surface area contributed by atoms with Gasteiger partial charge in [0, 0.05) is 37.3 Å². The molecule has 34 heavy (non-hydrogen) atoms. The molecule has 0 radical (unpaired) electrons. The van der Waals surface area contributed by atoms with Gasteiger partial charge in [0.1, 0.15) is 12.2 Å². The molecule has 4 aromatic rings. The summed E-state index contributed by atoms with van der Waals surface area (Å²) in [5, 5.41) is 6.60. The van der Waals surface area contributed by atoms with Crippen LogP contribution in [-0.4, -0.2) is 65.1 Å². The molecular weight excluding hydrogens is 432 g/mol. The molecule has 2 aromatic carbocycles. The Morgan fingerprint density at radius 3 is 1.68 bits per heavy atom. The minimum atomic E-state index is -0.105. The largest absolute Gasteiger partial charge is 0.369 e. The van der Waals surface area contributed by atoms with Crippen molar-refractivity contribution >= 4 is 27.9 Å². The minimum Gasteiger partial charge on any atom is -0.369 e. The van der Waals surface area contributed by atoms with E-state index in [-0.39, 0.29) is 18.0 Å². The maximum Gasteiger partial charge on any atom is 0.193 e. The van der Waals surface area contributed by atoms with Crippen LogP contribution in [0.25, 0.3) is 22.1 Å². The van der Waals surface area contributed by atoms with Gasteiger partial charge in [0.05, 0.1) is 59.1 Å². The lowest BCUT2D eigenvalue weighted by Gasteiger charge is -2.23. The number of aromatic nitrogens is 4. The summed E-state index contributed by atoms with van der Waals surface area (Å²) in [4.78, 5) is 31.7. The highest BCUT2D eigenvalue weighted by molar-refractivity contribution is 6.11. The molecule has 9 nitrogen and oxygen atoms in total. The fourth-order valence-corrected chi connectivity index (χ4v) is 4.32. The van der Waals surface area contributed by atoms with Crippen molar-refractivity contribution in [2.24, 2.45) is 0 Å². The lowest BCUT2D eigenvalue weighted by molar-refractivity contribution is 0.0249. The fraction of sp³-hybridized carbons (Fsp3) is 0.320. The van der Waals surface area contributed by atoms with Gasteiger partial charge in [0.15, 0.2) is 5.78 Å². The Hall–Kier alpha value is -3.37. The second kappa shape index (κ2) is 9.11. The van der Waals surface area contributed by atoms with Gasteiger partial charge in [-0.1, -0.05) is 0 Å². The molecule has 2 N–H and O–H groups in total. The molecule has 2 aliphatic rings. The summed E-state index contributed by atoms with van der Waals surface area (Å²) >= 11 is 0. The number of rotatable bonds is 4. The molecule has 9 heteroatoms. The Labute approximate surface area is 195 Å². The van der Waals surface area contributed by atoms with Crippen molar-refractivity contribution in [2.75, 3.05) is 39.4 Å². The van der Waals surface area contributed by atoms with Crippen molar-refractivity contribution in [1.82, 2.24) is 30.6 Å². The van der Waals surface area contributed by atoms with Crippen molar-refractivity contribution in [3.8, 4) is 0 Å². The summed E-state index contributed by atoms with van der Waals surface area (Å²) in [6, 6.07) is 10.8. The lowest BCUT2D eigenvalue weighted by Crippen LogP contribution is -2.33. The van der Waals surface area contributed by atoms with Gasteiger partial charge in [0.25, 0.3) is 0 Å². The first-order valence-electron chi connectivity index (χ1n) is 11.5. The van der Waals surface area contributed by atoms with Gasteiger partial charge in [-0.2, -0.15) is 0 Å². The molecule has 4 heterocycles. The van der Waals surface area contributed by atoms with Gasteiger partial charge in [-0.15, -0.1) is 0 Å². The summed E-state index contributed by atoms with van der Waals surface area (Å²) in [5.41, 5.74) is 5.50. The van der Waals surface area contributed by atoms with E-state index in [9.17, 15) is 4.79 Å². The molecule has 0 amide bonds. The number of nitrogens with one attached hydrogen (secondary N) is 2. The third-order valence-corrected chi connectivity index (χ3v) is 6.16. The third kappa shape index (κ3) is 4.14. The standard InChI is InChI=1S/C25H24N6O3/c32-25(15-1-3-17-19(9-15)28-11-21(30-17)23-13-26-5-7-33-23)16-2-4-18-20(10-16)29-12-22(31-18)24-14-27-6-8-34-24/h1-4,9-12,23-24,26-27H,5-8,13-14H2. The highest BCUT2D eigenvalue weighted by Gasteiger charge is 2.20. The predicted molar refractivity (Wildman–Crippen MR) is 126 cm³/mol. The van der Waals surface area contributed by atoms with E-state index >= 15 is 0 Å². The second-order valence-corrected chi connectivity index (χ2v) is 8.45. The Bertz CT molecular complexity index is 1260. The molecule has 0 saturated carbocycles. The smallest absolute Gasteiger partial charge is 0.193 e. The molecule has 172 valence electrons. The van der Waals surface area contributed by atoms with E-state index in [4.69, 9.17) is 9.47 Å². The summed E-state index contributed by atoms with van der Waals surface area (Å²) in [6.07, 6.45) is 3.24. The lowest BCUT2D eigenvalue weighted by atomic mass is 10.0. The van der Waals surface area contributed by atoms with Crippen molar-refractivity contribution < 1.29 is 14.3 Å². The average molecular weight is 457 g/mol. The first-order valence-corrected chi connectivity index (χ1v) is 11.5. The van der Waals surface area contributed by atoms with Gasteiger partial charge < -0.3 is 20.1 Å². The molecular formula is C25H24N6O3. The summed E-state index contributed by atoms with van der Waals surface area (Å²) in [6.45, 7) is 4.43. The van der Waals surface area contributed by atoms with Crippen molar-refractivity contribution in [1.29, 1.82) is 0 Å². The number of nitrogens with zero attached hydrogens (tertiary/aromatic N) is 4. The van der Waals surface area contributed by atoms with Gasteiger partial charge in [-0.3, -0.25) is 14.8 Å². The number of hydrogen-bond acceptors (Lipinski definition) is 9. The SMILES string of the molecule is O=C(c1ccc2nc(C3CNCCO3)cnc2c1)c1ccc2nc(C3CNCCO3)cnc2c1. The maximum atomic E-state index is 13.2. The zero-order valence-corrected chi connectivity index (χ0v) is 18.5. The molecule has 0 bridgehead atoms. The van der Waals surface area contributed by atoms with Crippen LogP contribution in [0.4, 0.5) is 0 Å². The molecule has 2 saturated heterocycles. The van der Waals surface area contributed by atoms with Crippen molar-refractivity contribution in [2.45, 2.75) is 12.2 Å². The van der Waals surface area contributed by atoms with Crippen LogP contribution < -0.4 is 10.6 Å². The first-order chi connectivity index (χ1) is 16.7. The number of carbonyl (C=O) groups is 1. The Balaban J connectivity index is 1.25. The van der Waals surface area contributed by atoms with E-state index in [2.05, 4.69) is 30.6 Å². The molecule has 2 unspecified atom stereocenters. The molecule has 6 rings (SSSR count). The average Bonchev–Trinajstić information content (AvgIpc) is 2.92. The van der Waals surface area contributed by atoms with Gasteiger partial charge in [0.2, 0.25) is 0 Å². The normalized spacial score (nSPS) is 21.1. The molecule has 2 fully saturated rings. The quantitative estimate of drug-likeness (QED) is 0.446. The predicted octanol–water partition coefficient (Wildman–Crippen LogP) is 2.13. The van der Waals surface area contributed by atoms with E-state index < -0.39 is 0 Å². The molecule has 2 aliphatic heterocycles. The van der Waals surface area contributed by atoms with Crippen molar-refractivity contribution in [3.63, 3.8) is 0 Å². The van der Waals surface area contributed by atoms with Gasteiger partial charge in [-0.25, -0.2) is 9.97 Å². The Kier molecular flexibility index (Phi) is 5.68. The van der Waals surface area contributed by atoms with Crippen LogP contribution in [-0.2, 0) is 9.47 Å². The highest BCUT2D eigenvalue weighted by atomic mass is 16.5. The van der Waals surface area contributed by atoms with E-state index in [1.165, 1.54) is 0 Å². The van der Waals surface area contributed by atoms with Crippen LogP contribution in [0, 0.1) is 0 Å².